The summed E-state index contributed by atoms with van der Waals surface area (Å²) in [6, 6.07) is 9.05. The number of hydrogen-bond acceptors (Lipinski definition) is 2. The highest BCUT2D eigenvalue weighted by Crippen LogP contribution is 2.53. The number of thioether (sulfide) groups is 2. The summed E-state index contributed by atoms with van der Waals surface area (Å²) in [7, 11) is 0. The van der Waals surface area contributed by atoms with Gasteiger partial charge in [-0.25, -0.2) is 0 Å². The Morgan fingerprint density at radius 2 is 1.71 bits per heavy atom. The lowest BCUT2D eigenvalue weighted by molar-refractivity contribution is 0.839. The standard InChI is InChI=1S/C12H16S2/c1-3-12(13-8-9-14-12)11-6-4-10(2)5-7-11/h4-7H,3,8-9H2,1-2H3. The second-order valence-electron chi connectivity index (χ2n) is 3.67. The van der Waals surface area contributed by atoms with E-state index in [9.17, 15) is 0 Å². The first-order chi connectivity index (χ1) is 6.77. The number of hydrogen-bond donors (Lipinski definition) is 0. The summed E-state index contributed by atoms with van der Waals surface area (Å²) >= 11 is 4.22. The van der Waals surface area contributed by atoms with Crippen LogP contribution in [-0.4, -0.2) is 11.5 Å². The predicted molar refractivity (Wildman–Crippen MR) is 68.1 cm³/mol. The zero-order valence-electron chi connectivity index (χ0n) is 8.75. The minimum atomic E-state index is 0.355. The van der Waals surface area contributed by atoms with Crippen LogP contribution in [0, 0.1) is 6.92 Å². The summed E-state index contributed by atoms with van der Waals surface area (Å²) in [5, 5.41) is 0. The lowest BCUT2D eigenvalue weighted by Crippen LogP contribution is -2.12. The van der Waals surface area contributed by atoms with E-state index in [0.29, 0.717) is 4.08 Å². The normalized spacial score (nSPS) is 19.9. The van der Waals surface area contributed by atoms with Gasteiger partial charge in [0.25, 0.3) is 0 Å². The Labute approximate surface area is 94.9 Å². The van der Waals surface area contributed by atoms with Crippen LogP contribution in [0.15, 0.2) is 24.3 Å². The van der Waals surface area contributed by atoms with Gasteiger partial charge in [-0.3, -0.25) is 0 Å². The highest BCUT2D eigenvalue weighted by molar-refractivity contribution is 8.20. The molecule has 2 heteroatoms. The van der Waals surface area contributed by atoms with E-state index in [1.807, 2.05) is 0 Å². The van der Waals surface area contributed by atoms with Gasteiger partial charge in [0.15, 0.2) is 0 Å². The summed E-state index contributed by atoms with van der Waals surface area (Å²) < 4.78 is 0.355. The molecule has 0 aliphatic carbocycles. The monoisotopic (exact) mass is 224 g/mol. The van der Waals surface area contributed by atoms with E-state index in [4.69, 9.17) is 0 Å². The second-order valence-corrected chi connectivity index (χ2v) is 6.72. The molecule has 1 aromatic carbocycles. The van der Waals surface area contributed by atoms with Gasteiger partial charge in [-0.2, -0.15) is 0 Å². The molecule has 76 valence electrons. The maximum atomic E-state index is 2.30. The molecule has 1 aliphatic rings. The molecule has 0 spiro atoms. The molecule has 14 heavy (non-hydrogen) atoms. The second kappa shape index (κ2) is 4.19. The van der Waals surface area contributed by atoms with Crippen molar-refractivity contribution in [3.8, 4) is 0 Å². The molecule has 0 aromatic heterocycles. The fraction of sp³-hybridized carbons (Fsp3) is 0.500. The van der Waals surface area contributed by atoms with Gasteiger partial charge < -0.3 is 0 Å². The molecule has 1 fully saturated rings. The summed E-state index contributed by atoms with van der Waals surface area (Å²) in [6.07, 6.45) is 1.23. The maximum absolute atomic E-state index is 2.30. The third-order valence-corrected chi connectivity index (χ3v) is 6.47. The molecule has 0 N–H and O–H groups in total. The maximum Gasteiger partial charge on any atom is 0.0858 e. The van der Waals surface area contributed by atoms with Gasteiger partial charge in [-0.1, -0.05) is 36.8 Å². The summed E-state index contributed by atoms with van der Waals surface area (Å²) in [5.41, 5.74) is 2.85. The lowest BCUT2D eigenvalue weighted by atomic mass is 10.1. The molecular weight excluding hydrogens is 208 g/mol. The van der Waals surface area contributed by atoms with Crippen molar-refractivity contribution in [3.63, 3.8) is 0 Å². The molecule has 0 unspecified atom stereocenters. The zero-order valence-corrected chi connectivity index (χ0v) is 10.4. The minimum Gasteiger partial charge on any atom is -0.139 e. The number of rotatable bonds is 2. The number of aryl methyl sites for hydroxylation is 1. The Balaban J connectivity index is 2.31. The Bertz CT molecular complexity index is 297. The van der Waals surface area contributed by atoms with Crippen LogP contribution in [0.1, 0.15) is 24.5 Å². The molecule has 0 bridgehead atoms. The van der Waals surface area contributed by atoms with Crippen molar-refractivity contribution in [1.29, 1.82) is 0 Å². The fourth-order valence-corrected chi connectivity index (χ4v) is 5.01. The van der Waals surface area contributed by atoms with Crippen LogP contribution in [0.2, 0.25) is 0 Å². The molecule has 2 rings (SSSR count). The molecule has 0 atom stereocenters. The van der Waals surface area contributed by atoms with E-state index in [1.165, 1.54) is 29.1 Å². The number of benzene rings is 1. The highest BCUT2D eigenvalue weighted by Gasteiger charge is 2.35. The van der Waals surface area contributed by atoms with Crippen LogP contribution in [0.4, 0.5) is 0 Å². The van der Waals surface area contributed by atoms with E-state index in [1.54, 1.807) is 0 Å². The van der Waals surface area contributed by atoms with Gasteiger partial charge in [0.2, 0.25) is 0 Å². The van der Waals surface area contributed by atoms with Crippen LogP contribution in [0.5, 0.6) is 0 Å². The third-order valence-electron chi connectivity index (χ3n) is 2.71. The summed E-state index contributed by atoms with van der Waals surface area (Å²) in [4.78, 5) is 0. The van der Waals surface area contributed by atoms with Crippen molar-refractivity contribution in [2.45, 2.75) is 24.3 Å². The average molecular weight is 224 g/mol. The van der Waals surface area contributed by atoms with Crippen molar-refractivity contribution in [1.82, 2.24) is 0 Å². The Hall–Kier alpha value is -0.0800. The third kappa shape index (κ3) is 1.82. The Kier molecular flexibility index (Phi) is 3.13. The van der Waals surface area contributed by atoms with Gasteiger partial charge in [0, 0.05) is 11.5 Å². The molecule has 0 radical (unpaired) electrons. The molecule has 0 amide bonds. The van der Waals surface area contributed by atoms with Crippen molar-refractivity contribution >= 4 is 23.5 Å². The molecule has 1 aromatic rings. The van der Waals surface area contributed by atoms with Crippen LogP contribution in [-0.2, 0) is 4.08 Å². The van der Waals surface area contributed by atoms with Crippen LogP contribution in [0.25, 0.3) is 0 Å². The van der Waals surface area contributed by atoms with E-state index in [2.05, 4.69) is 61.6 Å². The van der Waals surface area contributed by atoms with Crippen molar-refractivity contribution < 1.29 is 0 Å². The van der Waals surface area contributed by atoms with Gasteiger partial charge >= 0.3 is 0 Å². The summed E-state index contributed by atoms with van der Waals surface area (Å²) in [5.74, 6) is 2.60. The van der Waals surface area contributed by atoms with Crippen LogP contribution >= 0.6 is 23.5 Å². The Morgan fingerprint density at radius 1 is 1.14 bits per heavy atom. The van der Waals surface area contributed by atoms with Crippen molar-refractivity contribution in [2.75, 3.05) is 11.5 Å². The van der Waals surface area contributed by atoms with Crippen molar-refractivity contribution in [2.24, 2.45) is 0 Å². The van der Waals surface area contributed by atoms with E-state index >= 15 is 0 Å². The minimum absolute atomic E-state index is 0.355. The predicted octanol–water partition coefficient (Wildman–Crippen LogP) is 4.04. The molecule has 0 nitrogen and oxygen atoms in total. The first-order valence-electron chi connectivity index (χ1n) is 5.12. The van der Waals surface area contributed by atoms with Gasteiger partial charge in [-0.05, 0) is 18.9 Å². The smallest absolute Gasteiger partial charge is 0.0858 e. The van der Waals surface area contributed by atoms with Gasteiger partial charge in [0.1, 0.15) is 0 Å². The SMILES string of the molecule is CCC1(c2ccc(C)cc2)SCCS1. The molecule has 1 saturated heterocycles. The quantitative estimate of drug-likeness (QED) is 0.743. The highest BCUT2D eigenvalue weighted by atomic mass is 32.2. The first-order valence-corrected chi connectivity index (χ1v) is 7.09. The Morgan fingerprint density at radius 3 is 2.21 bits per heavy atom. The molecule has 1 aliphatic heterocycles. The van der Waals surface area contributed by atoms with Crippen molar-refractivity contribution in [3.05, 3.63) is 35.4 Å². The van der Waals surface area contributed by atoms with E-state index in [-0.39, 0.29) is 0 Å². The van der Waals surface area contributed by atoms with Crippen LogP contribution < -0.4 is 0 Å². The molecule has 1 heterocycles. The summed E-state index contributed by atoms with van der Waals surface area (Å²) in [6.45, 7) is 4.45. The van der Waals surface area contributed by atoms with E-state index < -0.39 is 0 Å². The lowest BCUT2D eigenvalue weighted by Gasteiger charge is -2.26. The molecule has 0 saturated carbocycles. The van der Waals surface area contributed by atoms with Gasteiger partial charge in [0.05, 0.1) is 4.08 Å². The first kappa shape index (κ1) is 10.4. The van der Waals surface area contributed by atoms with E-state index in [0.717, 1.165) is 0 Å². The molecular formula is C12H16S2. The average Bonchev–Trinajstić information content (AvgIpc) is 2.68. The largest absolute Gasteiger partial charge is 0.139 e. The van der Waals surface area contributed by atoms with Gasteiger partial charge in [-0.15, -0.1) is 23.5 Å². The fourth-order valence-electron chi connectivity index (χ4n) is 1.84. The topological polar surface area (TPSA) is 0 Å². The van der Waals surface area contributed by atoms with Crippen LogP contribution in [0.3, 0.4) is 0 Å². The zero-order chi connectivity index (χ0) is 10.0.